The van der Waals surface area contributed by atoms with E-state index in [4.69, 9.17) is 0 Å². The summed E-state index contributed by atoms with van der Waals surface area (Å²) in [4.78, 5) is 34.1. The number of hydrogen-bond acceptors (Lipinski definition) is 5. The second-order valence-electron chi connectivity index (χ2n) is 8.23. The van der Waals surface area contributed by atoms with Crippen LogP contribution in [0.3, 0.4) is 0 Å². The minimum Gasteiger partial charge on any atom is -0.319 e. The molecule has 4 heterocycles. The molecule has 5 aromatic rings. The molecule has 34 heavy (non-hydrogen) atoms. The molecular weight excluding hydrogens is 430 g/mol. The van der Waals surface area contributed by atoms with Crippen LogP contribution in [0.15, 0.2) is 65.8 Å². The van der Waals surface area contributed by atoms with Crippen LogP contribution in [0.2, 0.25) is 0 Å². The van der Waals surface area contributed by atoms with Gasteiger partial charge < -0.3 is 9.72 Å². The molecule has 170 valence electrons. The lowest BCUT2D eigenvalue weighted by molar-refractivity contribution is 0.102. The second kappa shape index (κ2) is 8.11. The molecule has 0 aliphatic carbocycles. The van der Waals surface area contributed by atoms with E-state index >= 15 is 0 Å². The molecule has 0 radical (unpaired) electrons. The van der Waals surface area contributed by atoms with Crippen LogP contribution >= 0.6 is 0 Å². The summed E-state index contributed by atoms with van der Waals surface area (Å²) in [6, 6.07) is 13.3. The Morgan fingerprint density at radius 3 is 2.35 bits per heavy atom. The summed E-state index contributed by atoms with van der Waals surface area (Å²) in [5.74, 6) is 0.321. The molecule has 0 spiro atoms. The number of carbonyl (C=O) groups is 1. The minimum atomic E-state index is -0.300. The molecule has 1 aromatic carbocycles. The van der Waals surface area contributed by atoms with E-state index < -0.39 is 0 Å². The van der Waals surface area contributed by atoms with Gasteiger partial charge in [-0.2, -0.15) is 5.10 Å². The highest BCUT2D eigenvalue weighted by Gasteiger charge is 2.16. The van der Waals surface area contributed by atoms with Gasteiger partial charge in [0.1, 0.15) is 5.82 Å². The lowest BCUT2D eigenvalue weighted by atomic mass is 10.1. The zero-order valence-electron chi connectivity index (χ0n) is 19.3. The highest BCUT2D eigenvalue weighted by molar-refractivity contribution is 6.07. The molecule has 0 saturated heterocycles. The highest BCUT2D eigenvalue weighted by atomic mass is 16.2. The fourth-order valence-corrected chi connectivity index (χ4v) is 3.98. The van der Waals surface area contributed by atoms with Crippen molar-refractivity contribution >= 4 is 17.1 Å². The number of hydrogen-bond donors (Lipinski definition) is 1. The monoisotopic (exact) mass is 453 g/mol. The predicted octanol–water partition coefficient (Wildman–Crippen LogP) is 3.46. The van der Waals surface area contributed by atoms with Gasteiger partial charge >= 0.3 is 5.69 Å². The van der Waals surface area contributed by atoms with E-state index in [-0.39, 0.29) is 11.6 Å². The molecule has 1 N–H and O–H groups in total. The van der Waals surface area contributed by atoms with Crippen molar-refractivity contribution in [2.75, 3.05) is 5.32 Å². The summed E-state index contributed by atoms with van der Waals surface area (Å²) in [6.45, 7) is 5.54. The summed E-state index contributed by atoms with van der Waals surface area (Å²) in [7, 11) is 1.63. The number of nitrogens with zero attached hydrogens (tertiary/aromatic N) is 6. The summed E-state index contributed by atoms with van der Waals surface area (Å²) in [5.41, 5.74) is 5.67. The number of pyridine rings is 1. The van der Waals surface area contributed by atoms with Gasteiger partial charge in [0.25, 0.3) is 5.91 Å². The number of aromatic nitrogens is 6. The van der Waals surface area contributed by atoms with Crippen LogP contribution < -0.4 is 11.0 Å². The van der Waals surface area contributed by atoms with E-state index in [0.29, 0.717) is 22.7 Å². The number of nitrogens with one attached hydrogen (secondary N) is 1. The van der Waals surface area contributed by atoms with Crippen molar-refractivity contribution in [3.63, 3.8) is 0 Å². The number of amides is 1. The molecular formula is C25H23N7O2. The Hall–Kier alpha value is -4.53. The molecule has 0 fully saturated rings. The molecule has 9 heteroatoms. The van der Waals surface area contributed by atoms with Crippen LogP contribution in [0.1, 0.15) is 27.7 Å². The van der Waals surface area contributed by atoms with Gasteiger partial charge in [0.05, 0.1) is 28.8 Å². The average Bonchev–Trinajstić information content (AvgIpc) is 3.34. The van der Waals surface area contributed by atoms with Gasteiger partial charge in [0.15, 0.2) is 5.69 Å². The number of carbonyl (C=O) groups excluding carboxylic acids is 1. The number of rotatable bonds is 4. The van der Waals surface area contributed by atoms with Crippen LogP contribution in [-0.2, 0) is 7.05 Å². The first-order valence-corrected chi connectivity index (χ1v) is 10.8. The fourth-order valence-electron chi connectivity index (χ4n) is 3.98. The molecule has 0 aliphatic heterocycles. The molecule has 0 atom stereocenters. The Morgan fingerprint density at radius 2 is 1.71 bits per heavy atom. The van der Waals surface area contributed by atoms with Crippen molar-refractivity contribution in [2.45, 2.75) is 20.8 Å². The van der Waals surface area contributed by atoms with Crippen molar-refractivity contribution < 1.29 is 4.79 Å². The third-order valence-electron chi connectivity index (χ3n) is 5.63. The van der Waals surface area contributed by atoms with Crippen molar-refractivity contribution in [1.82, 2.24) is 28.7 Å². The van der Waals surface area contributed by atoms with Crippen molar-refractivity contribution in [2.24, 2.45) is 7.05 Å². The summed E-state index contributed by atoms with van der Waals surface area (Å²) in [6.07, 6.45) is 5.47. The number of benzene rings is 1. The molecule has 1 amide bonds. The van der Waals surface area contributed by atoms with Crippen LogP contribution in [-0.4, -0.2) is 34.6 Å². The Morgan fingerprint density at radius 1 is 0.941 bits per heavy atom. The number of aryl methyl sites for hydroxylation is 4. The first-order chi connectivity index (χ1) is 16.3. The van der Waals surface area contributed by atoms with Crippen molar-refractivity contribution in [3.05, 3.63) is 94.4 Å². The third-order valence-corrected chi connectivity index (χ3v) is 5.63. The molecule has 5 rings (SSSR count). The van der Waals surface area contributed by atoms with E-state index in [1.165, 1.54) is 4.68 Å². The minimum absolute atomic E-state index is 0.194. The average molecular weight is 454 g/mol. The molecule has 4 aromatic heterocycles. The Labute approximate surface area is 195 Å². The van der Waals surface area contributed by atoms with Gasteiger partial charge in [-0.15, -0.1) is 0 Å². The van der Waals surface area contributed by atoms with Crippen LogP contribution in [0.4, 0.5) is 5.69 Å². The standard InChI is InChI=1S/C25H23N7O2/c1-15-5-8-20(12-26-15)28-24(33)23-22-11-19(14-31(22)13-16(2)27-23)18-6-9-21(10-7-18)32-17(3)29-30(4)25(32)34/h5-14H,1-4H3,(H,28,33). The molecule has 0 aliphatic rings. The topological polar surface area (TPSA) is 99.1 Å². The Kier molecular flexibility index (Phi) is 5.09. The van der Waals surface area contributed by atoms with E-state index in [1.807, 2.05) is 73.1 Å². The van der Waals surface area contributed by atoms with Gasteiger partial charge in [-0.05, 0) is 56.7 Å². The summed E-state index contributed by atoms with van der Waals surface area (Å²) in [5, 5.41) is 7.05. The first-order valence-electron chi connectivity index (χ1n) is 10.8. The maximum Gasteiger partial charge on any atom is 0.350 e. The Balaban J connectivity index is 1.50. The lowest BCUT2D eigenvalue weighted by Crippen LogP contribution is -2.21. The van der Waals surface area contributed by atoms with Gasteiger partial charge in [-0.3, -0.25) is 9.78 Å². The van der Waals surface area contributed by atoms with Gasteiger partial charge in [-0.1, -0.05) is 12.1 Å². The smallest absolute Gasteiger partial charge is 0.319 e. The highest BCUT2D eigenvalue weighted by Crippen LogP contribution is 2.26. The first kappa shape index (κ1) is 21.3. The van der Waals surface area contributed by atoms with Gasteiger partial charge in [0.2, 0.25) is 0 Å². The molecule has 0 saturated carbocycles. The van der Waals surface area contributed by atoms with E-state index in [2.05, 4.69) is 20.4 Å². The van der Waals surface area contributed by atoms with Crippen LogP contribution in [0.25, 0.3) is 22.3 Å². The normalized spacial score (nSPS) is 11.2. The molecule has 9 nitrogen and oxygen atoms in total. The Bertz CT molecular complexity index is 1590. The van der Waals surface area contributed by atoms with E-state index in [1.54, 1.807) is 24.7 Å². The van der Waals surface area contributed by atoms with E-state index in [0.717, 1.165) is 28.2 Å². The third kappa shape index (κ3) is 3.77. The zero-order valence-corrected chi connectivity index (χ0v) is 19.3. The molecule has 0 bridgehead atoms. The van der Waals surface area contributed by atoms with E-state index in [9.17, 15) is 9.59 Å². The number of fused-ring (bicyclic) bond motifs is 1. The summed E-state index contributed by atoms with van der Waals surface area (Å²) < 4.78 is 4.79. The predicted molar refractivity (Wildman–Crippen MR) is 129 cm³/mol. The summed E-state index contributed by atoms with van der Waals surface area (Å²) >= 11 is 0. The van der Waals surface area contributed by atoms with Crippen molar-refractivity contribution in [1.29, 1.82) is 0 Å². The van der Waals surface area contributed by atoms with Crippen LogP contribution in [0.5, 0.6) is 0 Å². The zero-order chi connectivity index (χ0) is 24.0. The number of anilines is 1. The fraction of sp³-hybridized carbons (Fsp3) is 0.160. The quantitative estimate of drug-likeness (QED) is 0.449. The maximum absolute atomic E-state index is 13.0. The SMILES string of the molecule is Cc1ccc(NC(=O)c2nc(C)cn3cc(-c4ccc(-n5c(C)nn(C)c5=O)cc4)cc23)cn1. The van der Waals surface area contributed by atoms with Gasteiger partial charge in [-0.25, -0.2) is 19.0 Å². The van der Waals surface area contributed by atoms with Crippen LogP contribution in [0, 0.1) is 20.8 Å². The lowest BCUT2D eigenvalue weighted by Gasteiger charge is -2.07. The molecule has 0 unspecified atom stereocenters. The van der Waals surface area contributed by atoms with Gasteiger partial charge in [0, 0.05) is 30.7 Å². The maximum atomic E-state index is 13.0. The largest absolute Gasteiger partial charge is 0.350 e. The van der Waals surface area contributed by atoms with Crippen molar-refractivity contribution in [3.8, 4) is 16.8 Å². The second-order valence-corrected chi connectivity index (χ2v) is 8.23.